The molecule has 0 saturated heterocycles. The summed E-state index contributed by atoms with van der Waals surface area (Å²) in [7, 11) is 0. The Balaban J connectivity index is 1.12. The Bertz CT molecular complexity index is 1590. The van der Waals surface area contributed by atoms with Gasteiger partial charge in [-0.15, -0.1) is 0 Å². The van der Waals surface area contributed by atoms with Crippen molar-refractivity contribution in [3.05, 3.63) is 88.8 Å². The molecule has 1 N–H and O–H groups in total. The van der Waals surface area contributed by atoms with Gasteiger partial charge in [0.1, 0.15) is 11.3 Å². The highest BCUT2D eigenvalue weighted by molar-refractivity contribution is 6.11. The van der Waals surface area contributed by atoms with E-state index in [2.05, 4.69) is 51.6 Å². The molecule has 2 aromatic heterocycles. The highest BCUT2D eigenvalue weighted by Crippen LogP contribution is 2.54. The van der Waals surface area contributed by atoms with E-state index in [9.17, 15) is 4.79 Å². The standard InChI is InChI=1S/C33H36N6O2/c1-32(2,3)41-31(40)38-29-23-9-5-4-8-22(23)18-33(29)14-12-21(13-15-33)25-19-35-28-26(37-25)20-36-30(28)39-17-7-10-24-27(39)11-6-16-34-24/h4-6,8-9,11-12,16,19,29H,7,10,13-15,17-18,20H2,1-3H3,(H,38,40)/t29-,33+/m0/s1. The van der Waals surface area contributed by atoms with Crippen LogP contribution in [0, 0.1) is 5.41 Å². The van der Waals surface area contributed by atoms with Crippen LogP contribution in [-0.4, -0.2) is 39.0 Å². The smallest absolute Gasteiger partial charge is 0.408 e. The number of amidine groups is 1. The van der Waals surface area contributed by atoms with Gasteiger partial charge < -0.3 is 15.0 Å². The summed E-state index contributed by atoms with van der Waals surface area (Å²) in [5.41, 5.74) is 8.10. The SMILES string of the molecule is CC(C)(C)OC(=O)N[C@H]1c2ccccc2C[C@]12CC=C(c1cnc3c(n1)CN=C3N1CCCc3ncccc31)CC2. The van der Waals surface area contributed by atoms with Gasteiger partial charge in [0.25, 0.3) is 0 Å². The monoisotopic (exact) mass is 548 g/mol. The Labute approximate surface area is 241 Å². The number of amides is 1. The molecule has 4 aliphatic rings. The second kappa shape index (κ2) is 9.79. The quantitative estimate of drug-likeness (QED) is 0.425. The topological polar surface area (TPSA) is 92.6 Å². The molecular weight excluding hydrogens is 512 g/mol. The number of carbonyl (C=O) groups excluding carboxylic acids is 1. The lowest BCUT2D eigenvalue weighted by atomic mass is 9.70. The molecule has 1 amide bonds. The minimum Gasteiger partial charge on any atom is -0.444 e. The van der Waals surface area contributed by atoms with Gasteiger partial charge in [-0.2, -0.15) is 0 Å². The lowest BCUT2D eigenvalue weighted by Gasteiger charge is -2.39. The van der Waals surface area contributed by atoms with Crippen molar-refractivity contribution >= 4 is 23.2 Å². The number of aliphatic imine (C=N–C) groups is 1. The molecule has 210 valence electrons. The number of rotatable bonds is 2. The molecular formula is C33H36N6O2. The Morgan fingerprint density at radius 1 is 1.10 bits per heavy atom. The number of allylic oxidation sites excluding steroid dienone is 2. The van der Waals surface area contributed by atoms with Crippen LogP contribution in [0.2, 0.25) is 0 Å². The van der Waals surface area contributed by atoms with Crippen molar-refractivity contribution in [2.75, 3.05) is 11.4 Å². The number of nitrogens with one attached hydrogen (secondary N) is 1. The molecule has 1 aromatic carbocycles. The fourth-order valence-electron chi connectivity index (χ4n) is 6.94. The Morgan fingerprint density at radius 2 is 1.98 bits per heavy atom. The third-order valence-corrected chi connectivity index (χ3v) is 8.80. The van der Waals surface area contributed by atoms with E-state index >= 15 is 0 Å². The van der Waals surface area contributed by atoms with Crippen LogP contribution in [0.1, 0.15) is 86.4 Å². The number of anilines is 1. The molecule has 2 atom stereocenters. The average Bonchev–Trinajstić information content (AvgIpc) is 3.51. The fourth-order valence-corrected chi connectivity index (χ4v) is 6.94. The zero-order chi connectivity index (χ0) is 28.2. The third-order valence-electron chi connectivity index (χ3n) is 8.80. The Kier molecular flexibility index (Phi) is 6.17. The van der Waals surface area contributed by atoms with Crippen LogP contribution in [0.3, 0.4) is 0 Å². The maximum absolute atomic E-state index is 12.9. The zero-order valence-electron chi connectivity index (χ0n) is 24.0. The summed E-state index contributed by atoms with van der Waals surface area (Å²) in [6.45, 7) is 7.15. The van der Waals surface area contributed by atoms with Gasteiger partial charge in [-0.25, -0.2) is 14.8 Å². The highest BCUT2D eigenvalue weighted by atomic mass is 16.6. The highest BCUT2D eigenvalue weighted by Gasteiger charge is 2.47. The van der Waals surface area contributed by atoms with Crippen molar-refractivity contribution in [2.24, 2.45) is 10.4 Å². The molecule has 41 heavy (non-hydrogen) atoms. The number of fused-ring (bicyclic) bond motifs is 3. The van der Waals surface area contributed by atoms with E-state index in [4.69, 9.17) is 19.7 Å². The van der Waals surface area contributed by atoms with Crippen LogP contribution in [0.15, 0.2) is 59.9 Å². The number of alkyl carbamates (subject to hydrolysis) is 1. The maximum atomic E-state index is 12.9. The third kappa shape index (κ3) is 4.69. The van der Waals surface area contributed by atoms with Gasteiger partial charge in [0.2, 0.25) is 0 Å². The predicted octanol–water partition coefficient (Wildman–Crippen LogP) is 5.96. The van der Waals surface area contributed by atoms with Crippen molar-refractivity contribution in [2.45, 2.75) is 77.5 Å². The molecule has 0 saturated carbocycles. The summed E-state index contributed by atoms with van der Waals surface area (Å²) in [6, 6.07) is 12.5. The number of nitrogens with zero attached hydrogens (tertiary/aromatic N) is 5. The first-order valence-corrected chi connectivity index (χ1v) is 14.7. The number of benzene rings is 1. The van der Waals surface area contributed by atoms with E-state index < -0.39 is 5.60 Å². The predicted molar refractivity (Wildman–Crippen MR) is 159 cm³/mol. The van der Waals surface area contributed by atoms with Crippen molar-refractivity contribution < 1.29 is 9.53 Å². The van der Waals surface area contributed by atoms with E-state index in [1.54, 1.807) is 0 Å². The van der Waals surface area contributed by atoms with Crippen LogP contribution < -0.4 is 10.2 Å². The van der Waals surface area contributed by atoms with E-state index in [0.29, 0.717) is 6.54 Å². The van der Waals surface area contributed by atoms with E-state index in [0.717, 1.165) is 79.4 Å². The molecule has 0 radical (unpaired) electrons. The number of pyridine rings is 1. The van der Waals surface area contributed by atoms with Crippen molar-refractivity contribution in [1.29, 1.82) is 0 Å². The summed E-state index contributed by atoms with van der Waals surface area (Å²) < 4.78 is 5.65. The first-order chi connectivity index (χ1) is 19.8. The number of aromatic nitrogens is 3. The number of hydrogen-bond acceptors (Lipinski definition) is 7. The summed E-state index contributed by atoms with van der Waals surface area (Å²) in [5.74, 6) is 0.907. The van der Waals surface area contributed by atoms with Gasteiger partial charge in [-0.1, -0.05) is 30.3 Å². The zero-order valence-corrected chi connectivity index (χ0v) is 24.0. The molecule has 8 nitrogen and oxygen atoms in total. The minimum atomic E-state index is -0.543. The lowest BCUT2D eigenvalue weighted by Crippen LogP contribution is -2.42. The maximum Gasteiger partial charge on any atom is 0.408 e. The lowest BCUT2D eigenvalue weighted by molar-refractivity contribution is 0.0442. The second-order valence-electron chi connectivity index (χ2n) is 12.7. The summed E-state index contributed by atoms with van der Waals surface area (Å²) in [5, 5.41) is 3.24. The van der Waals surface area contributed by atoms with Crippen LogP contribution in [0.4, 0.5) is 10.5 Å². The number of aryl methyl sites for hydroxylation is 1. The molecule has 0 bridgehead atoms. The van der Waals surface area contributed by atoms with Gasteiger partial charge in [-0.05, 0) is 88.1 Å². The number of ether oxygens (including phenoxy) is 1. The largest absolute Gasteiger partial charge is 0.444 e. The normalized spacial score (nSPS) is 22.9. The van der Waals surface area contributed by atoms with Crippen LogP contribution >= 0.6 is 0 Å². The summed E-state index contributed by atoms with van der Waals surface area (Å²) in [4.78, 5) is 34.5. The molecule has 0 unspecified atom stereocenters. The van der Waals surface area contributed by atoms with Crippen LogP contribution in [0.5, 0.6) is 0 Å². The first kappa shape index (κ1) is 25.9. The molecule has 4 heterocycles. The molecule has 8 heteroatoms. The van der Waals surface area contributed by atoms with Crippen molar-refractivity contribution in [1.82, 2.24) is 20.3 Å². The molecule has 1 spiro atoms. The fraction of sp³-hybridized carbons (Fsp3) is 0.424. The van der Waals surface area contributed by atoms with Crippen LogP contribution in [-0.2, 0) is 24.1 Å². The van der Waals surface area contributed by atoms with Crippen molar-refractivity contribution in [3.63, 3.8) is 0 Å². The van der Waals surface area contributed by atoms with Gasteiger partial charge in [0, 0.05) is 18.2 Å². The molecule has 7 rings (SSSR count). The summed E-state index contributed by atoms with van der Waals surface area (Å²) >= 11 is 0. The van der Waals surface area contributed by atoms with E-state index in [1.165, 1.54) is 16.7 Å². The molecule has 2 aliphatic heterocycles. The van der Waals surface area contributed by atoms with Crippen LogP contribution in [0.25, 0.3) is 5.57 Å². The molecule has 3 aromatic rings. The Morgan fingerprint density at radius 3 is 2.80 bits per heavy atom. The van der Waals surface area contributed by atoms with Gasteiger partial charge in [-0.3, -0.25) is 9.98 Å². The van der Waals surface area contributed by atoms with E-state index in [1.807, 2.05) is 39.2 Å². The Hall–Kier alpha value is -4.07. The second-order valence-corrected chi connectivity index (χ2v) is 12.7. The van der Waals surface area contributed by atoms with Gasteiger partial charge in [0.05, 0.1) is 41.6 Å². The minimum absolute atomic E-state index is 0.0831. The molecule has 0 fully saturated rings. The van der Waals surface area contributed by atoms with Crippen molar-refractivity contribution in [3.8, 4) is 0 Å². The van der Waals surface area contributed by atoms with Gasteiger partial charge in [0.15, 0.2) is 5.84 Å². The first-order valence-electron chi connectivity index (χ1n) is 14.7. The van der Waals surface area contributed by atoms with Gasteiger partial charge >= 0.3 is 6.09 Å². The molecule has 2 aliphatic carbocycles. The average molecular weight is 549 g/mol. The number of carbonyl (C=O) groups is 1. The van der Waals surface area contributed by atoms with E-state index in [-0.39, 0.29) is 17.6 Å². The number of hydrogen-bond donors (Lipinski definition) is 1. The summed E-state index contributed by atoms with van der Waals surface area (Å²) in [6.07, 6.45) is 11.4.